The Balaban J connectivity index is 2.19. The standard InChI is InChI=1S/C16H18N2O3S/c1-8-6-5-7-12(9(8)2)14(19)17-11(4)15-18-10(3)13(22-15)16(20)21/h5-7,11H,1-4H3,(H,17,19)(H,20,21). The van der Waals surface area contributed by atoms with Crippen LogP contribution in [0.3, 0.4) is 0 Å². The van der Waals surface area contributed by atoms with Crippen LogP contribution in [0.4, 0.5) is 0 Å². The average Bonchev–Trinajstić information content (AvgIpc) is 2.84. The number of hydrogen-bond donors (Lipinski definition) is 2. The van der Waals surface area contributed by atoms with Crippen molar-refractivity contribution in [2.24, 2.45) is 0 Å². The first-order valence-corrected chi connectivity index (χ1v) is 7.70. The van der Waals surface area contributed by atoms with Gasteiger partial charge in [0.2, 0.25) is 0 Å². The Labute approximate surface area is 133 Å². The molecule has 0 saturated carbocycles. The first-order valence-electron chi connectivity index (χ1n) is 6.89. The van der Waals surface area contributed by atoms with Gasteiger partial charge in [-0.2, -0.15) is 0 Å². The van der Waals surface area contributed by atoms with E-state index in [4.69, 9.17) is 5.11 Å². The van der Waals surface area contributed by atoms with E-state index in [0.29, 0.717) is 16.3 Å². The third-order valence-electron chi connectivity index (χ3n) is 3.57. The number of carboxylic acids is 1. The fourth-order valence-electron chi connectivity index (χ4n) is 2.13. The molecule has 1 heterocycles. The van der Waals surface area contributed by atoms with Gasteiger partial charge in [-0.25, -0.2) is 9.78 Å². The maximum atomic E-state index is 12.4. The van der Waals surface area contributed by atoms with Crippen LogP contribution in [-0.4, -0.2) is 22.0 Å². The maximum absolute atomic E-state index is 12.4. The van der Waals surface area contributed by atoms with Crippen molar-refractivity contribution in [1.82, 2.24) is 10.3 Å². The number of nitrogens with one attached hydrogen (secondary N) is 1. The molecule has 0 saturated heterocycles. The predicted molar refractivity (Wildman–Crippen MR) is 85.6 cm³/mol. The summed E-state index contributed by atoms with van der Waals surface area (Å²) in [6.45, 7) is 7.32. The van der Waals surface area contributed by atoms with E-state index < -0.39 is 5.97 Å². The normalized spacial score (nSPS) is 12.0. The highest BCUT2D eigenvalue weighted by molar-refractivity contribution is 7.13. The number of carboxylic acid groups (broad SMARTS) is 1. The van der Waals surface area contributed by atoms with Gasteiger partial charge >= 0.3 is 5.97 Å². The number of rotatable bonds is 4. The summed E-state index contributed by atoms with van der Waals surface area (Å²) in [5.41, 5.74) is 3.09. The summed E-state index contributed by atoms with van der Waals surface area (Å²) >= 11 is 1.09. The predicted octanol–water partition coefficient (Wildman–Crippen LogP) is 3.26. The fourth-order valence-corrected chi connectivity index (χ4v) is 3.04. The molecule has 22 heavy (non-hydrogen) atoms. The lowest BCUT2D eigenvalue weighted by Crippen LogP contribution is -2.27. The largest absolute Gasteiger partial charge is 0.477 e. The molecular weight excluding hydrogens is 300 g/mol. The number of carbonyl (C=O) groups is 2. The van der Waals surface area contributed by atoms with E-state index in [1.807, 2.05) is 26.0 Å². The molecule has 2 aromatic rings. The molecule has 1 amide bonds. The second-order valence-corrected chi connectivity index (χ2v) is 6.25. The number of amides is 1. The van der Waals surface area contributed by atoms with Crippen molar-refractivity contribution in [1.29, 1.82) is 0 Å². The number of benzene rings is 1. The van der Waals surface area contributed by atoms with Crippen molar-refractivity contribution in [2.45, 2.75) is 33.7 Å². The summed E-state index contributed by atoms with van der Waals surface area (Å²) in [4.78, 5) is 27.9. The van der Waals surface area contributed by atoms with Crippen LogP contribution < -0.4 is 5.32 Å². The second kappa shape index (κ2) is 6.27. The van der Waals surface area contributed by atoms with E-state index in [0.717, 1.165) is 22.5 Å². The molecule has 6 heteroatoms. The van der Waals surface area contributed by atoms with Gasteiger partial charge in [-0.15, -0.1) is 11.3 Å². The van der Waals surface area contributed by atoms with Crippen molar-refractivity contribution >= 4 is 23.2 Å². The summed E-state index contributed by atoms with van der Waals surface area (Å²) in [7, 11) is 0. The third kappa shape index (κ3) is 3.17. The van der Waals surface area contributed by atoms with Crippen LogP contribution in [0.15, 0.2) is 18.2 Å². The van der Waals surface area contributed by atoms with Gasteiger partial charge in [-0.1, -0.05) is 12.1 Å². The molecule has 1 aromatic heterocycles. The second-order valence-electron chi connectivity index (χ2n) is 5.21. The van der Waals surface area contributed by atoms with Gasteiger partial charge in [0.15, 0.2) is 0 Å². The van der Waals surface area contributed by atoms with Crippen molar-refractivity contribution < 1.29 is 14.7 Å². The molecule has 0 aliphatic heterocycles. The van der Waals surface area contributed by atoms with Crippen molar-refractivity contribution in [3.05, 3.63) is 50.5 Å². The molecule has 0 aliphatic rings. The lowest BCUT2D eigenvalue weighted by Gasteiger charge is -2.13. The van der Waals surface area contributed by atoms with Crippen LogP contribution in [0.2, 0.25) is 0 Å². The Bertz CT molecular complexity index is 737. The van der Waals surface area contributed by atoms with Gasteiger partial charge in [0.25, 0.3) is 5.91 Å². The number of carbonyl (C=O) groups excluding carboxylic acids is 1. The number of hydrogen-bond acceptors (Lipinski definition) is 4. The van der Waals surface area contributed by atoms with Gasteiger partial charge in [0.05, 0.1) is 11.7 Å². The van der Waals surface area contributed by atoms with Crippen molar-refractivity contribution in [3.63, 3.8) is 0 Å². The molecular formula is C16H18N2O3S. The summed E-state index contributed by atoms with van der Waals surface area (Å²) < 4.78 is 0. The number of aryl methyl sites for hydroxylation is 2. The summed E-state index contributed by atoms with van der Waals surface area (Å²) in [5.74, 6) is -1.17. The highest BCUT2D eigenvalue weighted by Gasteiger charge is 2.20. The minimum absolute atomic E-state index is 0.182. The van der Waals surface area contributed by atoms with Crippen LogP contribution >= 0.6 is 11.3 Å². The topological polar surface area (TPSA) is 79.3 Å². The van der Waals surface area contributed by atoms with Crippen LogP contribution in [0, 0.1) is 20.8 Å². The van der Waals surface area contributed by atoms with E-state index in [1.54, 1.807) is 19.9 Å². The molecule has 5 nitrogen and oxygen atoms in total. The maximum Gasteiger partial charge on any atom is 0.347 e. The highest BCUT2D eigenvalue weighted by Crippen LogP contribution is 2.24. The first kappa shape index (κ1) is 16.2. The highest BCUT2D eigenvalue weighted by atomic mass is 32.1. The smallest absolute Gasteiger partial charge is 0.347 e. The third-order valence-corrected chi connectivity index (χ3v) is 4.90. The molecule has 1 aromatic carbocycles. The molecule has 1 unspecified atom stereocenters. The molecule has 2 rings (SSSR count). The van der Waals surface area contributed by atoms with Crippen LogP contribution in [0.5, 0.6) is 0 Å². The SMILES string of the molecule is Cc1cccc(C(=O)NC(C)c2nc(C)c(C(=O)O)s2)c1C. The Kier molecular flexibility index (Phi) is 4.61. The number of thiazole rings is 1. The first-order chi connectivity index (χ1) is 10.3. The van der Waals surface area contributed by atoms with Gasteiger partial charge in [-0.05, 0) is 44.9 Å². The van der Waals surface area contributed by atoms with Crippen LogP contribution in [0.25, 0.3) is 0 Å². The molecule has 0 bridgehead atoms. The number of nitrogens with zero attached hydrogens (tertiary/aromatic N) is 1. The van der Waals surface area contributed by atoms with Gasteiger partial charge in [-0.3, -0.25) is 4.79 Å². The summed E-state index contributed by atoms with van der Waals surface area (Å²) in [5, 5.41) is 12.5. The van der Waals surface area contributed by atoms with E-state index >= 15 is 0 Å². The Morgan fingerprint density at radius 2 is 1.95 bits per heavy atom. The lowest BCUT2D eigenvalue weighted by molar-refractivity contribution is 0.0701. The summed E-state index contributed by atoms with van der Waals surface area (Å²) in [6.07, 6.45) is 0. The molecule has 116 valence electrons. The van der Waals surface area contributed by atoms with Crippen LogP contribution in [-0.2, 0) is 0 Å². The molecule has 2 N–H and O–H groups in total. The Morgan fingerprint density at radius 3 is 2.55 bits per heavy atom. The minimum atomic E-state index is -0.991. The fraction of sp³-hybridized carbons (Fsp3) is 0.312. The van der Waals surface area contributed by atoms with Gasteiger partial charge < -0.3 is 10.4 Å². The lowest BCUT2D eigenvalue weighted by atomic mass is 10.0. The van der Waals surface area contributed by atoms with Crippen molar-refractivity contribution in [2.75, 3.05) is 0 Å². The van der Waals surface area contributed by atoms with Gasteiger partial charge in [0, 0.05) is 5.56 Å². The molecule has 0 fully saturated rings. The quantitative estimate of drug-likeness (QED) is 0.907. The van der Waals surface area contributed by atoms with Crippen molar-refractivity contribution in [3.8, 4) is 0 Å². The van der Waals surface area contributed by atoms with Gasteiger partial charge in [0.1, 0.15) is 9.88 Å². The van der Waals surface area contributed by atoms with E-state index in [-0.39, 0.29) is 16.8 Å². The Hall–Kier alpha value is -2.21. The number of aromatic nitrogens is 1. The monoisotopic (exact) mass is 318 g/mol. The van der Waals surface area contributed by atoms with Crippen LogP contribution in [0.1, 0.15) is 54.8 Å². The molecule has 0 aliphatic carbocycles. The van der Waals surface area contributed by atoms with E-state index in [9.17, 15) is 9.59 Å². The minimum Gasteiger partial charge on any atom is -0.477 e. The molecule has 0 spiro atoms. The van der Waals surface area contributed by atoms with E-state index in [2.05, 4.69) is 10.3 Å². The molecule has 1 atom stereocenters. The van der Waals surface area contributed by atoms with E-state index in [1.165, 1.54) is 0 Å². The molecule has 0 radical (unpaired) electrons. The zero-order valence-corrected chi connectivity index (χ0v) is 13.7. The zero-order chi connectivity index (χ0) is 16.4. The number of aromatic carboxylic acids is 1. The zero-order valence-electron chi connectivity index (χ0n) is 12.9. The Morgan fingerprint density at radius 1 is 1.27 bits per heavy atom. The average molecular weight is 318 g/mol. The summed E-state index contributed by atoms with van der Waals surface area (Å²) in [6, 6.07) is 5.24.